The molecule has 6 heteroatoms. The second-order valence-corrected chi connectivity index (χ2v) is 5.78. The summed E-state index contributed by atoms with van der Waals surface area (Å²) in [6, 6.07) is 16.1. The fraction of sp³-hybridized carbons (Fsp3) is 0.350. The van der Waals surface area contributed by atoms with E-state index < -0.39 is 6.10 Å². The molecule has 0 aliphatic heterocycles. The maximum absolute atomic E-state index is 12.9. The number of nitrogens with zero attached hydrogens (tertiary/aromatic N) is 1. The minimum absolute atomic E-state index is 0. The van der Waals surface area contributed by atoms with E-state index in [1.54, 1.807) is 12.1 Å². The zero-order valence-electron chi connectivity index (χ0n) is 15.0. The lowest BCUT2D eigenvalue weighted by Gasteiger charge is -2.13. The van der Waals surface area contributed by atoms with Gasteiger partial charge in [0, 0.05) is 19.6 Å². The molecule has 0 aliphatic carbocycles. The normalized spacial score (nSPS) is 12.2. The van der Waals surface area contributed by atoms with Gasteiger partial charge < -0.3 is 15.7 Å². The highest BCUT2D eigenvalue weighted by atomic mass is 127. The summed E-state index contributed by atoms with van der Waals surface area (Å²) in [6.45, 7) is 4.01. The maximum atomic E-state index is 12.9. The minimum Gasteiger partial charge on any atom is -0.388 e. The summed E-state index contributed by atoms with van der Waals surface area (Å²) in [5.41, 5.74) is 1.98. The topological polar surface area (TPSA) is 56.7 Å². The van der Waals surface area contributed by atoms with Gasteiger partial charge in [0.25, 0.3) is 0 Å². The van der Waals surface area contributed by atoms with Crippen LogP contribution in [0, 0.1) is 5.82 Å². The SMILES string of the molecule is CCNC(=NCCC(O)c1ccccc1)NCCc1ccc(F)cc1.I. The highest BCUT2D eigenvalue weighted by Crippen LogP contribution is 2.15. The zero-order chi connectivity index (χ0) is 17.9. The zero-order valence-corrected chi connectivity index (χ0v) is 17.3. The van der Waals surface area contributed by atoms with E-state index >= 15 is 0 Å². The first-order valence-corrected chi connectivity index (χ1v) is 8.68. The Hall–Kier alpha value is -1.67. The third kappa shape index (κ3) is 8.14. The van der Waals surface area contributed by atoms with Crippen LogP contribution in [0.2, 0.25) is 0 Å². The molecule has 0 spiro atoms. The Balaban J connectivity index is 0.00000338. The molecule has 3 N–H and O–H groups in total. The predicted octanol–water partition coefficient (Wildman–Crippen LogP) is 3.67. The average Bonchev–Trinajstić information content (AvgIpc) is 2.64. The minimum atomic E-state index is -0.507. The molecule has 0 fully saturated rings. The molecule has 0 saturated heterocycles. The molecule has 1 atom stereocenters. The standard InChI is InChI=1S/C20H26FN3O.HI/c1-2-22-20(23-14-12-16-8-10-18(21)11-9-16)24-15-13-19(25)17-6-4-3-5-7-17;/h3-11,19,25H,2,12-15H2,1H3,(H2,22,23,24);1H. The summed E-state index contributed by atoms with van der Waals surface area (Å²) in [4.78, 5) is 4.50. The summed E-state index contributed by atoms with van der Waals surface area (Å²) < 4.78 is 12.9. The van der Waals surface area contributed by atoms with Gasteiger partial charge in [0.2, 0.25) is 0 Å². The first kappa shape index (κ1) is 22.4. The number of rotatable bonds is 8. The summed E-state index contributed by atoms with van der Waals surface area (Å²) in [5, 5.41) is 16.6. The Bertz CT molecular complexity index is 650. The Morgan fingerprint density at radius 1 is 1.08 bits per heavy atom. The highest BCUT2D eigenvalue weighted by molar-refractivity contribution is 14.0. The van der Waals surface area contributed by atoms with Gasteiger partial charge in [0.1, 0.15) is 5.82 Å². The number of hydrogen-bond acceptors (Lipinski definition) is 2. The number of halogens is 2. The molecule has 2 aromatic carbocycles. The van der Waals surface area contributed by atoms with Crippen molar-refractivity contribution in [3.8, 4) is 0 Å². The fourth-order valence-corrected chi connectivity index (χ4v) is 2.46. The van der Waals surface area contributed by atoms with Gasteiger partial charge in [-0.1, -0.05) is 42.5 Å². The van der Waals surface area contributed by atoms with E-state index in [0.29, 0.717) is 19.5 Å². The van der Waals surface area contributed by atoms with Gasteiger partial charge in [-0.05, 0) is 43.0 Å². The summed E-state index contributed by atoms with van der Waals surface area (Å²) in [6.07, 6.45) is 0.850. The van der Waals surface area contributed by atoms with E-state index in [1.165, 1.54) is 12.1 Å². The van der Waals surface area contributed by atoms with E-state index in [-0.39, 0.29) is 29.8 Å². The molecule has 0 radical (unpaired) electrons. The van der Waals surface area contributed by atoms with E-state index in [1.807, 2.05) is 37.3 Å². The lowest BCUT2D eigenvalue weighted by atomic mass is 10.1. The van der Waals surface area contributed by atoms with Crippen LogP contribution in [0.15, 0.2) is 59.6 Å². The van der Waals surface area contributed by atoms with Crippen molar-refractivity contribution in [3.63, 3.8) is 0 Å². The van der Waals surface area contributed by atoms with Crippen LogP contribution in [0.25, 0.3) is 0 Å². The number of aliphatic hydroxyl groups is 1. The van der Waals surface area contributed by atoms with Crippen LogP contribution in [0.1, 0.15) is 30.6 Å². The van der Waals surface area contributed by atoms with Crippen LogP contribution in [-0.2, 0) is 6.42 Å². The van der Waals surface area contributed by atoms with Gasteiger partial charge in [-0.2, -0.15) is 0 Å². The van der Waals surface area contributed by atoms with Crippen molar-refractivity contribution in [1.29, 1.82) is 0 Å². The molecule has 26 heavy (non-hydrogen) atoms. The average molecular weight is 471 g/mol. The van der Waals surface area contributed by atoms with Crippen molar-refractivity contribution in [3.05, 3.63) is 71.5 Å². The summed E-state index contributed by atoms with van der Waals surface area (Å²) in [5.74, 6) is 0.508. The van der Waals surface area contributed by atoms with Crippen LogP contribution in [-0.4, -0.2) is 30.7 Å². The molecule has 2 aromatic rings. The fourth-order valence-electron chi connectivity index (χ4n) is 2.46. The van der Waals surface area contributed by atoms with Gasteiger partial charge in [0.05, 0.1) is 6.10 Å². The molecule has 4 nitrogen and oxygen atoms in total. The van der Waals surface area contributed by atoms with Crippen LogP contribution in [0.4, 0.5) is 4.39 Å². The van der Waals surface area contributed by atoms with Crippen molar-refractivity contribution in [1.82, 2.24) is 10.6 Å². The number of guanidine groups is 1. The molecular formula is C20H27FIN3O. The Morgan fingerprint density at radius 2 is 1.77 bits per heavy atom. The summed E-state index contributed by atoms with van der Waals surface area (Å²) >= 11 is 0. The van der Waals surface area contributed by atoms with Gasteiger partial charge >= 0.3 is 0 Å². The van der Waals surface area contributed by atoms with Crippen LogP contribution < -0.4 is 10.6 Å². The number of benzene rings is 2. The van der Waals surface area contributed by atoms with Crippen LogP contribution >= 0.6 is 24.0 Å². The van der Waals surface area contributed by atoms with Crippen molar-refractivity contribution in [2.24, 2.45) is 4.99 Å². The van der Waals surface area contributed by atoms with E-state index in [0.717, 1.165) is 30.1 Å². The van der Waals surface area contributed by atoms with Crippen molar-refractivity contribution in [2.45, 2.75) is 25.9 Å². The molecule has 142 valence electrons. The molecule has 2 rings (SSSR count). The molecular weight excluding hydrogens is 444 g/mol. The quantitative estimate of drug-likeness (QED) is 0.313. The Kier molecular flexibility index (Phi) is 10.9. The van der Waals surface area contributed by atoms with Crippen molar-refractivity contribution < 1.29 is 9.50 Å². The van der Waals surface area contributed by atoms with Gasteiger partial charge in [-0.15, -0.1) is 24.0 Å². The number of aliphatic imine (C=N–C) groups is 1. The third-order valence-electron chi connectivity index (χ3n) is 3.82. The number of aliphatic hydroxyl groups excluding tert-OH is 1. The Labute approximate surface area is 172 Å². The first-order chi connectivity index (χ1) is 12.2. The maximum Gasteiger partial charge on any atom is 0.191 e. The van der Waals surface area contributed by atoms with Crippen molar-refractivity contribution >= 4 is 29.9 Å². The first-order valence-electron chi connectivity index (χ1n) is 8.68. The molecule has 0 saturated carbocycles. The largest absolute Gasteiger partial charge is 0.388 e. The van der Waals surface area contributed by atoms with E-state index in [2.05, 4.69) is 15.6 Å². The summed E-state index contributed by atoms with van der Waals surface area (Å²) in [7, 11) is 0. The van der Waals surface area contributed by atoms with Crippen molar-refractivity contribution in [2.75, 3.05) is 19.6 Å². The second kappa shape index (κ2) is 12.6. The van der Waals surface area contributed by atoms with Gasteiger partial charge in [-0.25, -0.2) is 4.39 Å². The van der Waals surface area contributed by atoms with Gasteiger partial charge in [0.15, 0.2) is 5.96 Å². The number of nitrogens with one attached hydrogen (secondary N) is 2. The number of hydrogen-bond donors (Lipinski definition) is 3. The van der Waals surface area contributed by atoms with Gasteiger partial charge in [-0.3, -0.25) is 4.99 Å². The Morgan fingerprint density at radius 3 is 2.42 bits per heavy atom. The second-order valence-electron chi connectivity index (χ2n) is 5.78. The molecule has 0 aromatic heterocycles. The molecule has 1 unspecified atom stereocenters. The smallest absolute Gasteiger partial charge is 0.191 e. The van der Waals surface area contributed by atoms with Crippen LogP contribution in [0.3, 0.4) is 0 Å². The third-order valence-corrected chi connectivity index (χ3v) is 3.82. The molecule has 0 heterocycles. The molecule has 0 amide bonds. The lowest BCUT2D eigenvalue weighted by Crippen LogP contribution is -2.38. The molecule has 0 aliphatic rings. The lowest BCUT2D eigenvalue weighted by molar-refractivity contribution is 0.170. The van der Waals surface area contributed by atoms with Crippen LogP contribution in [0.5, 0.6) is 0 Å². The monoisotopic (exact) mass is 471 g/mol. The molecule has 0 bridgehead atoms. The van der Waals surface area contributed by atoms with E-state index in [9.17, 15) is 9.50 Å². The highest BCUT2D eigenvalue weighted by Gasteiger charge is 2.06. The predicted molar refractivity (Wildman–Crippen MR) is 116 cm³/mol. The van der Waals surface area contributed by atoms with E-state index in [4.69, 9.17) is 0 Å².